The van der Waals surface area contributed by atoms with Gasteiger partial charge in [0, 0.05) is 57.4 Å². The van der Waals surface area contributed by atoms with Crippen LogP contribution in [0.15, 0.2) is 0 Å². The van der Waals surface area contributed by atoms with Gasteiger partial charge in [-0.15, -0.1) is 0 Å². The van der Waals surface area contributed by atoms with E-state index < -0.39 is 0 Å². The van der Waals surface area contributed by atoms with Gasteiger partial charge in [0.1, 0.15) is 0 Å². The van der Waals surface area contributed by atoms with E-state index in [9.17, 15) is 0 Å². The highest BCUT2D eigenvalue weighted by molar-refractivity contribution is 4.83. The lowest BCUT2D eigenvalue weighted by molar-refractivity contribution is 0.0408. The minimum atomic E-state index is 0.722. The minimum Gasteiger partial charge on any atom is -0.300 e. The van der Waals surface area contributed by atoms with E-state index in [1.54, 1.807) is 0 Å². The third kappa shape index (κ3) is 6.17. The van der Waals surface area contributed by atoms with Crippen LogP contribution in [0.4, 0.5) is 0 Å². The van der Waals surface area contributed by atoms with Crippen molar-refractivity contribution in [2.45, 2.75) is 73.5 Å². The van der Waals surface area contributed by atoms with Crippen molar-refractivity contribution in [2.24, 2.45) is 11.8 Å². The average molecular weight is 312 g/mol. The fraction of sp³-hybridized carbons (Fsp3) is 1.00. The summed E-state index contributed by atoms with van der Waals surface area (Å²) in [5.74, 6) is 1.86. The van der Waals surface area contributed by atoms with Crippen LogP contribution in [0.1, 0.15) is 55.4 Å². The van der Waals surface area contributed by atoms with Gasteiger partial charge in [0.15, 0.2) is 0 Å². The summed E-state index contributed by atoms with van der Waals surface area (Å²) in [5.41, 5.74) is 0. The van der Waals surface area contributed by atoms with Gasteiger partial charge in [0.25, 0.3) is 0 Å². The van der Waals surface area contributed by atoms with Crippen LogP contribution in [0.3, 0.4) is 0 Å². The SMILES string of the molecule is CC(C)C1CN(C(C)C)C1.CC(C)N1CCN(C(C)C)CC1. The van der Waals surface area contributed by atoms with Crippen LogP contribution in [0, 0.1) is 11.8 Å². The monoisotopic (exact) mass is 311 g/mol. The molecule has 0 aliphatic carbocycles. The fourth-order valence-electron chi connectivity index (χ4n) is 3.16. The second kappa shape index (κ2) is 9.24. The highest BCUT2D eigenvalue weighted by Crippen LogP contribution is 2.24. The first-order valence-electron chi connectivity index (χ1n) is 9.44. The molecular weight excluding hydrogens is 270 g/mol. The lowest BCUT2D eigenvalue weighted by atomic mass is 9.87. The number of hydrogen-bond donors (Lipinski definition) is 0. The predicted molar refractivity (Wildman–Crippen MR) is 98.5 cm³/mol. The van der Waals surface area contributed by atoms with Gasteiger partial charge in [-0.05, 0) is 53.4 Å². The van der Waals surface area contributed by atoms with Crippen molar-refractivity contribution in [3.8, 4) is 0 Å². The highest BCUT2D eigenvalue weighted by Gasteiger charge is 2.30. The molecule has 2 fully saturated rings. The van der Waals surface area contributed by atoms with E-state index in [1.165, 1.54) is 39.3 Å². The molecule has 22 heavy (non-hydrogen) atoms. The van der Waals surface area contributed by atoms with E-state index in [4.69, 9.17) is 0 Å². The molecule has 0 saturated carbocycles. The number of rotatable bonds is 4. The molecular formula is C19H41N3. The van der Waals surface area contributed by atoms with Gasteiger partial charge in [-0.3, -0.25) is 9.80 Å². The van der Waals surface area contributed by atoms with E-state index in [0.717, 1.165) is 30.0 Å². The van der Waals surface area contributed by atoms with Crippen LogP contribution in [0.25, 0.3) is 0 Å². The molecule has 0 radical (unpaired) electrons. The first-order valence-corrected chi connectivity index (χ1v) is 9.44. The summed E-state index contributed by atoms with van der Waals surface area (Å²) in [5, 5.41) is 0. The second-order valence-corrected chi connectivity index (χ2v) is 8.31. The van der Waals surface area contributed by atoms with E-state index in [0.29, 0.717) is 0 Å². The van der Waals surface area contributed by atoms with E-state index in [1.807, 2.05) is 0 Å². The third-order valence-corrected chi connectivity index (χ3v) is 5.42. The molecule has 0 unspecified atom stereocenters. The zero-order chi connectivity index (χ0) is 16.9. The second-order valence-electron chi connectivity index (χ2n) is 8.31. The molecule has 0 aromatic rings. The summed E-state index contributed by atoms with van der Waals surface area (Å²) >= 11 is 0. The van der Waals surface area contributed by atoms with Crippen LogP contribution >= 0.6 is 0 Å². The van der Waals surface area contributed by atoms with Crippen LogP contribution in [-0.4, -0.2) is 72.1 Å². The molecule has 0 spiro atoms. The quantitative estimate of drug-likeness (QED) is 0.788. The Morgan fingerprint density at radius 1 is 0.545 bits per heavy atom. The van der Waals surface area contributed by atoms with Crippen molar-refractivity contribution >= 4 is 0 Å². The molecule has 2 saturated heterocycles. The molecule has 0 bridgehead atoms. The zero-order valence-electron chi connectivity index (χ0n) is 16.5. The van der Waals surface area contributed by atoms with Gasteiger partial charge in [-0.25, -0.2) is 0 Å². The lowest BCUT2D eigenvalue weighted by Gasteiger charge is -2.44. The third-order valence-electron chi connectivity index (χ3n) is 5.42. The Kier molecular flexibility index (Phi) is 8.37. The molecule has 0 amide bonds. The molecule has 0 aromatic carbocycles. The summed E-state index contributed by atoms with van der Waals surface area (Å²) in [6, 6.07) is 2.20. The molecule has 132 valence electrons. The molecule has 3 nitrogen and oxygen atoms in total. The first-order chi connectivity index (χ1) is 10.2. The molecule has 2 aliphatic heterocycles. The van der Waals surface area contributed by atoms with Gasteiger partial charge >= 0.3 is 0 Å². The maximum atomic E-state index is 2.55. The topological polar surface area (TPSA) is 9.72 Å². The van der Waals surface area contributed by atoms with Crippen molar-refractivity contribution in [3.05, 3.63) is 0 Å². The van der Waals surface area contributed by atoms with E-state index >= 15 is 0 Å². The lowest BCUT2D eigenvalue weighted by Crippen LogP contribution is -2.51. The Labute approximate surface area is 140 Å². The van der Waals surface area contributed by atoms with Crippen molar-refractivity contribution in [1.29, 1.82) is 0 Å². The Balaban J connectivity index is 0.000000224. The van der Waals surface area contributed by atoms with Gasteiger partial charge in [0.2, 0.25) is 0 Å². The Morgan fingerprint density at radius 2 is 0.864 bits per heavy atom. The zero-order valence-corrected chi connectivity index (χ0v) is 16.5. The van der Waals surface area contributed by atoms with Crippen molar-refractivity contribution in [3.63, 3.8) is 0 Å². The van der Waals surface area contributed by atoms with Crippen molar-refractivity contribution in [2.75, 3.05) is 39.3 Å². The summed E-state index contributed by atoms with van der Waals surface area (Å²) in [7, 11) is 0. The van der Waals surface area contributed by atoms with Crippen molar-refractivity contribution in [1.82, 2.24) is 14.7 Å². The molecule has 0 N–H and O–H groups in total. The standard InChI is InChI=1S/C10H22N2.C9H19N/c1-9(2)11-5-7-12(8-6-11)10(3)4;1-7(2)9-5-10(6-9)8(3)4/h9-10H,5-8H2,1-4H3;7-9H,5-6H2,1-4H3. The number of likely N-dealkylation sites (tertiary alicyclic amines) is 1. The Morgan fingerprint density at radius 3 is 1.09 bits per heavy atom. The molecule has 3 heteroatoms. The Bertz CT molecular complexity index is 257. The fourth-order valence-corrected chi connectivity index (χ4v) is 3.16. The van der Waals surface area contributed by atoms with Gasteiger partial charge in [-0.2, -0.15) is 0 Å². The summed E-state index contributed by atoms with van der Waals surface area (Å²) < 4.78 is 0. The molecule has 0 atom stereocenters. The van der Waals surface area contributed by atoms with Gasteiger partial charge in [0.05, 0.1) is 0 Å². The summed E-state index contributed by atoms with van der Waals surface area (Å²) in [6.45, 7) is 26.0. The van der Waals surface area contributed by atoms with Crippen LogP contribution in [0.2, 0.25) is 0 Å². The maximum absolute atomic E-state index is 2.55. The van der Waals surface area contributed by atoms with Crippen LogP contribution < -0.4 is 0 Å². The van der Waals surface area contributed by atoms with Gasteiger partial charge < -0.3 is 4.90 Å². The minimum absolute atomic E-state index is 0.722. The Hall–Kier alpha value is -0.120. The number of nitrogens with zero attached hydrogens (tertiary/aromatic N) is 3. The highest BCUT2D eigenvalue weighted by atomic mass is 15.3. The molecule has 2 aliphatic rings. The summed E-state index contributed by atoms with van der Waals surface area (Å²) in [6.07, 6.45) is 0. The van der Waals surface area contributed by atoms with Gasteiger partial charge in [-0.1, -0.05) is 13.8 Å². The van der Waals surface area contributed by atoms with Crippen molar-refractivity contribution < 1.29 is 0 Å². The largest absolute Gasteiger partial charge is 0.300 e. The summed E-state index contributed by atoms with van der Waals surface area (Å²) in [4.78, 5) is 7.64. The average Bonchev–Trinajstić information content (AvgIpc) is 2.36. The van der Waals surface area contributed by atoms with E-state index in [2.05, 4.69) is 70.1 Å². The first kappa shape index (κ1) is 19.9. The predicted octanol–water partition coefficient (Wildman–Crippen LogP) is 3.40. The van der Waals surface area contributed by atoms with Crippen LogP contribution in [-0.2, 0) is 0 Å². The normalized spacial score (nSPS) is 22.4. The molecule has 2 rings (SSSR count). The molecule has 0 aromatic heterocycles. The maximum Gasteiger partial charge on any atom is 0.0113 e. The number of piperazine rings is 1. The smallest absolute Gasteiger partial charge is 0.0113 e. The number of hydrogen-bond acceptors (Lipinski definition) is 3. The van der Waals surface area contributed by atoms with Crippen LogP contribution in [0.5, 0.6) is 0 Å². The molecule has 2 heterocycles. The van der Waals surface area contributed by atoms with E-state index in [-0.39, 0.29) is 0 Å².